The van der Waals surface area contributed by atoms with Gasteiger partial charge in [0, 0.05) is 18.4 Å². The van der Waals surface area contributed by atoms with Crippen LogP contribution in [0.25, 0.3) is 6.08 Å². The second-order valence-corrected chi connectivity index (χ2v) is 8.40. The minimum atomic E-state index is -0.245. The van der Waals surface area contributed by atoms with Gasteiger partial charge >= 0.3 is 5.97 Å². The molecule has 138 valence electrons. The van der Waals surface area contributed by atoms with Crippen molar-refractivity contribution in [3.05, 3.63) is 65.3 Å². The van der Waals surface area contributed by atoms with Gasteiger partial charge in [0.2, 0.25) is 0 Å². The van der Waals surface area contributed by atoms with E-state index in [0.717, 1.165) is 24.8 Å². The summed E-state index contributed by atoms with van der Waals surface area (Å²) in [6.45, 7) is 8.97. The lowest BCUT2D eigenvalue weighted by atomic mass is 9.98. The van der Waals surface area contributed by atoms with Crippen LogP contribution in [0.1, 0.15) is 52.5 Å². The van der Waals surface area contributed by atoms with Crippen LogP contribution in [0.15, 0.2) is 59.7 Å². The molecular formula is C24H30O2. The molecule has 0 saturated heterocycles. The number of hydrogen-bond acceptors (Lipinski definition) is 2. The summed E-state index contributed by atoms with van der Waals surface area (Å²) in [7, 11) is 0. The normalized spacial score (nSPS) is 31.9. The van der Waals surface area contributed by atoms with Crippen molar-refractivity contribution in [1.29, 1.82) is 0 Å². The van der Waals surface area contributed by atoms with Crippen molar-refractivity contribution < 1.29 is 9.53 Å². The van der Waals surface area contributed by atoms with Gasteiger partial charge in [-0.05, 0) is 49.7 Å². The largest absolute Gasteiger partial charge is 0.459 e. The monoisotopic (exact) mass is 350 g/mol. The maximum atomic E-state index is 12.4. The van der Waals surface area contributed by atoms with E-state index in [2.05, 4.69) is 39.8 Å². The molecule has 0 aromatic heterocycles. The Morgan fingerprint density at radius 3 is 2.62 bits per heavy atom. The first kappa shape index (κ1) is 18.7. The first-order valence-corrected chi connectivity index (χ1v) is 9.64. The number of esters is 1. The Balaban J connectivity index is 1.74. The first-order valence-electron chi connectivity index (χ1n) is 9.64. The molecule has 2 nitrogen and oxygen atoms in total. The van der Waals surface area contributed by atoms with Gasteiger partial charge in [0.05, 0.1) is 0 Å². The van der Waals surface area contributed by atoms with Gasteiger partial charge in [-0.3, -0.25) is 0 Å². The Kier molecular flexibility index (Phi) is 5.50. The van der Waals surface area contributed by atoms with Gasteiger partial charge in [-0.2, -0.15) is 0 Å². The van der Waals surface area contributed by atoms with Gasteiger partial charge in [-0.1, -0.05) is 67.5 Å². The summed E-state index contributed by atoms with van der Waals surface area (Å²) in [5.74, 6) is 0.656. The van der Waals surface area contributed by atoms with Gasteiger partial charge in [0.1, 0.15) is 6.10 Å². The van der Waals surface area contributed by atoms with Crippen LogP contribution in [0.2, 0.25) is 0 Å². The molecule has 0 bridgehead atoms. The maximum Gasteiger partial charge on any atom is 0.331 e. The molecule has 2 heteroatoms. The van der Waals surface area contributed by atoms with Gasteiger partial charge < -0.3 is 4.74 Å². The second kappa shape index (κ2) is 7.65. The standard InChI is InChI=1S/C24H30O2/c1-17-9-8-10-18(2)16-21(23-20(15-17)24(23,3)4)26-22(25)14-13-19-11-6-5-7-12-19/h5-7,10-15,20-21,23H,8-9,16H2,1-4H3/b14-13+,17-15+,18-10-/t20-,21-,23-/m1/s1. The second-order valence-electron chi connectivity index (χ2n) is 8.40. The number of ether oxygens (including phenoxy) is 1. The van der Waals surface area contributed by atoms with Crippen LogP contribution in [-0.4, -0.2) is 12.1 Å². The van der Waals surface area contributed by atoms with Crippen LogP contribution in [0.3, 0.4) is 0 Å². The van der Waals surface area contributed by atoms with Crippen molar-refractivity contribution in [3.63, 3.8) is 0 Å². The Bertz CT molecular complexity index is 737. The van der Waals surface area contributed by atoms with Gasteiger partial charge in [0.15, 0.2) is 0 Å². The fourth-order valence-corrected chi connectivity index (χ4v) is 4.24. The number of rotatable bonds is 3. The third-order valence-corrected chi connectivity index (χ3v) is 5.89. The van der Waals surface area contributed by atoms with Gasteiger partial charge in [-0.25, -0.2) is 4.79 Å². The molecule has 0 radical (unpaired) electrons. The molecule has 0 heterocycles. The van der Waals surface area contributed by atoms with Crippen molar-refractivity contribution in [2.24, 2.45) is 17.3 Å². The lowest BCUT2D eigenvalue weighted by molar-refractivity contribution is -0.144. The average molecular weight is 351 g/mol. The molecule has 1 aromatic carbocycles. The highest BCUT2D eigenvalue weighted by Crippen LogP contribution is 2.62. The molecular weight excluding hydrogens is 320 g/mol. The van der Waals surface area contributed by atoms with Crippen LogP contribution in [0.5, 0.6) is 0 Å². The number of allylic oxidation sites excluding steroid dienone is 3. The summed E-state index contributed by atoms with van der Waals surface area (Å²) in [6.07, 6.45) is 11.1. The van der Waals surface area contributed by atoms with Crippen LogP contribution in [-0.2, 0) is 9.53 Å². The highest BCUT2D eigenvalue weighted by molar-refractivity contribution is 5.87. The van der Waals surface area contributed by atoms with E-state index in [1.54, 1.807) is 6.08 Å². The molecule has 3 atom stereocenters. The predicted molar refractivity (Wildman–Crippen MR) is 107 cm³/mol. The molecule has 0 amide bonds. The number of carbonyl (C=O) groups excluding carboxylic acids is 1. The molecule has 26 heavy (non-hydrogen) atoms. The molecule has 1 fully saturated rings. The quantitative estimate of drug-likeness (QED) is 0.382. The number of fused-ring (bicyclic) bond motifs is 1. The van der Waals surface area contributed by atoms with E-state index >= 15 is 0 Å². The third-order valence-electron chi connectivity index (χ3n) is 5.89. The Morgan fingerprint density at radius 2 is 1.88 bits per heavy atom. The topological polar surface area (TPSA) is 26.3 Å². The zero-order valence-electron chi connectivity index (χ0n) is 16.4. The van der Waals surface area contributed by atoms with Crippen molar-refractivity contribution >= 4 is 12.0 Å². The van der Waals surface area contributed by atoms with E-state index < -0.39 is 0 Å². The van der Waals surface area contributed by atoms with Gasteiger partial charge in [-0.15, -0.1) is 0 Å². The minimum absolute atomic E-state index is 0.0543. The molecule has 2 aliphatic rings. The summed E-state index contributed by atoms with van der Waals surface area (Å²) in [6, 6.07) is 9.86. The van der Waals surface area contributed by atoms with E-state index in [1.165, 1.54) is 11.1 Å². The molecule has 2 aliphatic carbocycles. The highest BCUT2D eigenvalue weighted by Gasteiger charge is 2.60. The van der Waals surface area contributed by atoms with Crippen molar-refractivity contribution in [2.75, 3.05) is 0 Å². The van der Waals surface area contributed by atoms with E-state index in [9.17, 15) is 4.79 Å². The summed E-state index contributed by atoms with van der Waals surface area (Å²) < 4.78 is 5.94. The van der Waals surface area contributed by atoms with E-state index in [4.69, 9.17) is 4.74 Å². The molecule has 0 spiro atoms. The van der Waals surface area contributed by atoms with Crippen molar-refractivity contribution in [3.8, 4) is 0 Å². The lowest BCUT2D eigenvalue weighted by Gasteiger charge is -2.20. The molecule has 0 unspecified atom stereocenters. The molecule has 0 aliphatic heterocycles. The summed E-state index contributed by atoms with van der Waals surface area (Å²) >= 11 is 0. The zero-order chi connectivity index (χ0) is 18.7. The number of benzene rings is 1. The van der Waals surface area contributed by atoms with Gasteiger partial charge in [0.25, 0.3) is 0 Å². The summed E-state index contributed by atoms with van der Waals surface area (Å²) in [4.78, 5) is 12.4. The zero-order valence-corrected chi connectivity index (χ0v) is 16.4. The van der Waals surface area contributed by atoms with E-state index in [1.807, 2.05) is 36.4 Å². The van der Waals surface area contributed by atoms with Crippen molar-refractivity contribution in [2.45, 2.75) is 53.1 Å². The Morgan fingerprint density at radius 1 is 1.15 bits per heavy atom. The molecule has 1 saturated carbocycles. The average Bonchev–Trinajstić information content (AvgIpc) is 3.13. The smallest absolute Gasteiger partial charge is 0.331 e. The van der Waals surface area contributed by atoms with E-state index in [0.29, 0.717) is 11.8 Å². The first-order chi connectivity index (χ1) is 12.4. The maximum absolute atomic E-state index is 12.4. The Labute approximate surface area is 157 Å². The van der Waals surface area contributed by atoms with Crippen LogP contribution in [0.4, 0.5) is 0 Å². The molecule has 0 N–H and O–H groups in total. The molecule has 1 aromatic rings. The Hall–Kier alpha value is -2.09. The van der Waals surface area contributed by atoms with Crippen LogP contribution < -0.4 is 0 Å². The highest BCUT2D eigenvalue weighted by atomic mass is 16.5. The summed E-state index contributed by atoms with van der Waals surface area (Å²) in [5.41, 5.74) is 3.98. The predicted octanol–water partition coefficient (Wildman–Crippen LogP) is 5.96. The van der Waals surface area contributed by atoms with E-state index in [-0.39, 0.29) is 17.5 Å². The fourth-order valence-electron chi connectivity index (χ4n) is 4.24. The number of carbonyl (C=O) groups is 1. The number of hydrogen-bond donors (Lipinski definition) is 0. The minimum Gasteiger partial charge on any atom is -0.459 e. The van der Waals surface area contributed by atoms with Crippen LogP contribution >= 0.6 is 0 Å². The summed E-state index contributed by atoms with van der Waals surface area (Å²) in [5, 5.41) is 0. The molecule has 3 rings (SSSR count). The fraction of sp³-hybridized carbons (Fsp3) is 0.458. The van der Waals surface area contributed by atoms with Crippen molar-refractivity contribution in [1.82, 2.24) is 0 Å². The van der Waals surface area contributed by atoms with Crippen LogP contribution in [0, 0.1) is 17.3 Å². The lowest BCUT2D eigenvalue weighted by Crippen LogP contribution is -2.22. The SMILES string of the molecule is C/C1=C/CC/C(C)=C/[C@@H]2[C@H]([C@H](OC(=O)/C=C/c3ccccc3)C1)C2(C)C. The third kappa shape index (κ3) is 4.35.